The zero-order valence-electron chi connectivity index (χ0n) is 22.2. The van der Waals surface area contributed by atoms with Crippen LogP contribution in [-0.2, 0) is 30.7 Å². The Hall–Kier alpha value is -4.21. The number of carboxylic acid groups (broad SMARTS) is 1. The van der Waals surface area contributed by atoms with Gasteiger partial charge in [0.25, 0.3) is 5.91 Å². The van der Waals surface area contributed by atoms with Crippen molar-refractivity contribution in [1.82, 2.24) is 24.9 Å². The predicted molar refractivity (Wildman–Crippen MR) is 143 cm³/mol. The highest BCUT2D eigenvalue weighted by Gasteiger charge is 2.29. The van der Waals surface area contributed by atoms with Crippen molar-refractivity contribution >= 4 is 23.0 Å². The minimum absolute atomic E-state index is 0.160. The fraction of sp³-hybridized carbons (Fsp3) is 0.367. The van der Waals surface area contributed by atoms with Crippen LogP contribution in [0, 0.1) is 18.6 Å². The molecule has 10 heteroatoms. The summed E-state index contributed by atoms with van der Waals surface area (Å²) in [5, 5.41) is 18.5. The molecule has 0 spiro atoms. The molecule has 8 nitrogen and oxygen atoms in total. The van der Waals surface area contributed by atoms with Crippen LogP contribution in [0.5, 0.6) is 0 Å². The predicted octanol–water partition coefficient (Wildman–Crippen LogP) is 4.94. The number of benzene rings is 2. The molecular formula is C30H29F2N5O3. The van der Waals surface area contributed by atoms with E-state index in [-0.39, 0.29) is 13.0 Å². The molecule has 0 fully saturated rings. The van der Waals surface area contributed by atoms with Gasteiger partial charge in [0.05, 0.1) is 6.42 Å². The number of amides is 1. The Labute approximate surface area is 229 Å². The monoisotopic (exact) mass is 545 g/mol. The lowest BCUT2D eigenvalue weighted by atomic mass is 9.84. The molecule has 9 rings (SSSR count). The maximum atomic E-state index is 15.1. The Bertz CT molecular complexity index is 1630. The van der Waals surface area contributed by atoms with Gasteiger partial charge in [0, 0.05) is 31.7 Å². The van der Waals surface area contributed by atoms with Crippen LogP contribution in [0.2, 0.25) is 0 Å². The quantitative estimate of drug-likeness (QED) is 0.383. The number of hydrogen-bond acceptors (Lipinski definition) is 5. The van der Waals surface area contributed by atoms with Crippen molar-refractivity contribution in [2.45, 2.75) is 64.5 Å². The van der Waals surface area contributed by atoms with E-state index in [2.05, 4.69) is 15.3 Å². The first kappa shape index (κ1) is 26.0. The largest absolute Gasteiger partial charge is 0.481 e. The number of aryl methyl sites for hydroxylation is 3. The Kier molecular flexibility index (Phi) is 6.77. The van der Waals surface area contributed by atoms with Gasteiger partial charge in [-0.05, 0) is 78.1 Å². The highest BCUT2D eigenvalue weighted by atomic mass is 19.1. The van der Waals surface area contributed by atoms with E-state index < -0.39 is 35.0 Å². The van der Waals surface area contributed by atoms with Crippen molar-refractivity contribution < 1.29 is 23.5 Å². The second-order valence-corrected chi connectivity index (χ2v) is 10.7. The summed E-state index contributed by atoms with van der Waals surface area (Å²) in [7, 11) is 0. The van der Waals surface area contributed by atoms with Gasteiger partial charge in [-0.1, -0.05) is 29.8 Å². The maximum absolute atomic E-state index is 15.1. The van der Waals surface area contributed by atoms with Crippen LogP contribution in [0.4, 0.5) is 8.78 Å². The third kappa shape index (κ3) is 4.71. The van der Waals surface area contributed by atoms with Crippen molar-refractivity contribution in [1.29, 1.82) is 0 Å². The minimum atomic E-state index is -0.956. The van der Waals surface area contributed by atoms with Crippen molar-refractivity contribution in [2.75, 3.05) is 6.54 Å². The number of aromatic nitrogens is 4. The molecule has 40 heavy (non-hydrogen) atoms. The third-order valence-corrected chi connectivity index (χ3v) is 8.16. The highest BCUT2D eigenvalue weighted by Crippen LogP contribution is 2.35. The van der Waals surface area contributed by atoms with E-state index in [9.17, 15) is 14.7 Å². The van der Waals surface area contributed by atoms with Gasteiger partial charge >= 0.3 is 5.97 Å². The maximum Gasteiger partial charge on any atom is 0.304 e. The average molecular weight is 546 g/mol. The van der Waals surface area contributed by atoms with Crippen LogP contribution in [0.25, 0.3) is 11.2 Å². The average Bonchev–Trinajstić information content (AvgIpc) is 3.34. The lowest BCUT2D eigenvalue weighted by Crippen LogP contribution is -2.37. The number of pyridine rings is 1. The fourth-order valence-corrected chi connectivity index (χ4v) is 5.99. The molecule has 4 aromatic rings. The van der Waals surface area contributed by atoms with Gasteiger partial charge in [-0.3, -0.25) is 9.59 Å². The topological polar surface area (TPSA) is 101 Å². The standard InChI is InChI=1S/C30H29F2N5O3/c1-17-23-15-33-29-28(17)34-35-37(29)9-4-2-3-5-18-11-24(31)27(25(32)12-18)30(40)36-10-8-19-6-7-20(13-21(19)16-36)22(23)14-26(38)39/h6-7,11-13,15,22H,2-5,8-10,14,16H2,1H3,(H,38,39)/t22-/m0/s1. The second-order valence-electron chi connectivity index (χ2n) is 10.7. The molecule has 9 bridgehead atoms. The summed E-state index contributed by atoms with van der Waals surface area (Å²) in [6.45, 7) is 3.00. The Morgan fingerprint density at radius 1 is 1.05 bits per heavy atom. The van der Waals surface area contributed by atoms with Crippen molar-refractivity contribution in [3.63, 3.8) is 0 Å². The van der Waals surface area contributed by atoms with Crippen LogP contribution in [-0.4, -0.2) is 48.4 Å². The summed E-state index contributed by atoms with van der Waals surface area (Å²) in [5.41, 5.74) is 5.45. The first-order valence-electron chi connectivity index (χ1n) is 13.6. The molecule has 0 saturated carbocycles. The van der Waals surface area contributed by atoms with Crippen LogP contribution in [0.3, 0.4) is 0 Å². The van der Waals surface area contributed by atoms with Gasteiger partial charge in [-0.25, -0.2) is 18.4 Å². The smallest absolute Gasteiger partial charge is 0.304 e. The van der Waals surface area contributed by atoms with E-state index in [1.807, 2.05) is 25.1 Å². The molecule has 5 aliphatic rings. The molecule has 0 aliphatic carbocycles. The number of carbonyl (C=O) groups is 2. The van der Waals surface area contributed by atoms with E-state index in [1.165, 1.54) is 17.0 Å². The van der Waals surface area contributed by atoms with Gasteiger partial charge in [0.2, 0.25) is 0 Å². The Balaban J connectivity index is 1.46. The number of rotatable bonds is 2. The van der Waals surface area contributed by atoms with Gasteiger partial charge in [-0.15, -0.1) is 5.10 Å². The molecule has 206 valence electrons. The lowest BCUT2D eigenvalue weighted by Gasteiger charge is -2.30. The van der Waals surface area contributed by atoms with Crippen LogP contribution in [0.15, 0.2) is 36.5 Å². The van der Waals surface area contributed by atoms with E-state index in [1.54, 1.807) is 10.9 Å². The number of aliphatic carboxylic acids is 1. The molecule has 7 heterocycles. The van der Waals surface area contributed by atoms with Gasteiger partial charge in [0.1, 0.15) is 22.7 Å². The Morgan fingerprint density at radius 3 is 2.62 bits per heavy atom. The number of halogens is 2. The number of nitrogens with zero attached hydrogens (tertiary/aromatic N) is 5. The molecule has 0 radical (unpaired) electrons. The van der Waals surface area contributed by atoms with E-state index in [0.29, 0.717) is 42.7 Å². The van der Waals surface area contributed by atoms with E-state index in [4.69, 9.17) is 0 Å². The molecule has 2 aromatic carbocycles. The van der Waals surface area contributed by atoms with Gasteiger partial charge in [0.15, 0.2) is 5.65 Å². The number of hydrogen-bond donors (Lipinski definition) is 1. The third-order valence-electron chi connectivity index (χ3n) is 8.16. The number of carboxylic acids is 1. The molecule has 2 aromatic heterocycles. The zero-order chi connectivity index (χ0) is 28.0. The summed E-state index contributed by atoms with van der Waals surface area (Å²) in [5.74, 6) is -3.84. The molecule has 1 atom stereocenters. The second kappa shape index (κ2) is 10.4. The summed E-state index contributed by atoms with van der Waals surface area (Å²) < 4.78 is 31.9. The fourth-order valence-electron chi connectivity index (χ4n) is 5.99. The van der Waals surface area contributed by atoms with Gasteiger partial charge in [-0.2, -0.15) is 0 Å². The molecule has 0 unspecified atom stereocenters. The van der Waals surface area contributed by atoms with Crippen LogP contribution >= 0.6 is 0 Å². The molecule has 1 amide bonds. The van der Waals surface area contributed by atoms with Crippen molar-refractivity contribution in [2.24, 2.45) is 0 Å². The van der Waals surface area contributed by atoms with Crippen molar-refractivity contribution in [3.8, 4) is 0 Å². The molecule has 5 aliphatic heterocycles. The van der Waals surface area contributed by atoms with Crippen LogP contribution in [0.1, 0.15) is 75.3 Å². The zero-order valence-corrected chi connectivity index (χ0v) is 22.2. The summed E-state index contributed by atoms with van der Waals surface area (Å²) in [6.07, 6.45) is 4.87. The van der Waals surface area contributed by atoms with E-state index >= 15 is 8.78 Å². The number of carbonyl (C=O) groups excluding carboxylic acids is 1. The van der Waals surface area contributed by atoms with Gasteiger partial charge < -0.3 is 10.0 Å². The minimum Gasteiger partial charge on any atom is -0.481 e. The first-order valence-corrected chi connectivity index (χ1v) is 13.6. The summed E-state index contributed by atoms with van der Waals surface area (Å²) >= 11 is 0. The molecule has 1 N–H and O–H groups in total. The first-order chi connectivity index (χ1) is 19.3. The van der Waals surface area contributed by atoms with Crippen LogP contribution < -0.4 is 0 Å². The lowest BCUT2D eigenvalue weighted by molar-refractivity contribution is -0.137. The Morgan fingerprint density at radius 2 is 1.85 bits per heavy atom. The van der Waals surface area contributed by atoms with E-state index in [0.717, 1.165) is 47.1 Å². The SMILES string of the molecule is Cc1c2cnc3c1nnn3CCCCCc1cc(F)c(c(F)c1)C(=O)N1CCc3ccc(cc3C1)[C@@H]2CC(=O)O. The summed E-state index contributed by atoms with van der Waals surface area (Å²) in [4.78, 5) is 31.4. The summed E-state index contributed by atoms with van der Waals surface area (Å²) in [6, 6.07) is 8.30. The highest BCUT2D eigenvalue weighted by molar-refractivity contribution is 5.95. The van der Waals surface area contributed by atoms with Crippen molar-refractivity contribution in [3.05, 3.63) is 87.1 Å². The molecule has 0 saturated heterocycles. The normalized spacial score (nSPS) is 17.6. The molecular weight excluding hydrogens is 516 g/mol.